The van der Waals surface area contributed by atoms with Crippen molar-refractivity contribution < 1.29 is 0 Å². The Hall–Kier alpha value is -3.65. The van der Waals surface area contributed by atoms with E-state index in [0.717, 1.165) is 11.9 Å². The minimum Gasteiger partial charge on any atom is -0.308 e. The molecule has 3 aromatic heterocycles. The third-order valence-electron chi connectivity index (χ3n) is 7.91. The number of hydrogen-bond acceptors (Lipinski definition) is 1. The molecule has 4 aromatic carbocycles. The van der Waals surface area contributed by atoms with Gasteiger partial charge in [-0.3, -0.25) is 4.98 Å². The number of benzene rings is 4. The molecule has 7 rings (SSSR count). The SMILES string of the molecule is Cc1ccc2cc3c4nccc5ccc6c7ccc(C(C)C)cc7n(c3c(CC(C)(C)C)c2c1)c6c54. The maximum Gasteiger partial charge on any atom is 0.0823 e. The van der Waals surface area contributed by atoms with Crippen LogP contribution in [0.25, 0.3) is 59.8 Å². The van der Waals surface area contributed by atoms with Crippen LogP contribution in [0.1, 0.15) is 57.2 Å². The summed E-state index contributed by atoms with van der Waals surface area (Å²) in [6, 6.07) is 23.1. The number of nitrogens with zero attached hydrogens (tertiary/aromatic N) is 2. The van der Waals surface area contributed by atoms with Crippen molar-refractivity contribution in [1.29, 1.82) is 0 Å². The first kappa shape index (κ1) is 21.6. The van der Waals surface area contributed by atoms with Gasteiger partial charge in [-0.15, -0.1) is 0 Å². The first-order valence-corrected chi connectivity index (χ1v) is 13.1. The molecule has 0 amide bonds. The molecule has 0 unspecified atom stereocenters. The largest absolute Gasteiger partial charge is 0.308 e. The Bertz CT molecular complexity index is 1980. The molecule has 0 spiro atoms. The highest BCUT2D eigenvalue weighted by Crippen LogP contribution is 2.44. The van der Waals surface area contributed by atoms with Crippen LogP contribution in [0.15, 0.2) is 66.9 Å². The van der Waals surface area contributed by atoms with Gasteiger partial charge in [0.25, 0.3) is 0 Å². The number of aryl methyl sites for hydroxylation is 1. The minimum absolute atomic E-state index is 0.146. The van der Waals surface area contributed by atoms with Crippen LogP contribution in [0.2, 0.25) is 0 Å². The Morgan fingerprint density at radius 2 is 1.56 bits per heavy atom. The third kappa shape index (κ3) is 2.94. The standard InChI is InChI=1S/C34H32N2/c1-19(2)22-10-11-24-25-12-9-21-13-14-35-31-27-16-23-8-7-20(3)15-26(23)28(18-34(4,5)6)32(27)36(29(24)17-22)33(25)30(21)31/h7-17,19H,18H2,1-6H3. The maximum atomic E-state index is 5.03. The minimum atomic E-state index is 0.146. The van der Waals surface area contributed by atoms with E-state index < -0.39 is 0 Å². The smallest absolute Gasteiger partial charge is 0.0823 e. The highest BCUT2D eigenvalue weighted by Gasteiger charge is 2.24. The number of hydrogen-bond donors (Lipinski definition) is 0. The molecule has 0 radical (unpaired) electrons. The number of pyridine rings is 2. The molecule has 0 saturated carbocycles. The fourth-order valence-electron chi connectivity index (χ4n) is 6.29. The fraction of sp³-hybridized carbons (Fsp3) is 0.265. The summed E-state index contributed by atoms with van der Waals surface area (Å²) in [4.78, 5) is 5.03. The van der Waals surface area contributed by atoms with E-state index in [-0.39, 0.29) is 5.41 Å². The predicted molar refractivity (Wildman–Crippen MR) is 156 cm³/mol. The Balaban J connectivity index is 1.86. The second-order valence-corrected chi connectivity index (χ2v) is 12.2. The summed E-state index contributed by atoms with van der Waals surface area (Å²) < 4.78 is 2.59. The third-order valence-corrected chi connectivity index (χ3v) is 7.91. The van der Waals surface area contributed by atoms with Gasteiger partial charge in [-0.25, -0.2) is 0 Å². The summed E-state index contributed by atoms with van der Waals surface area (Å²) in [6.45, 7) is 13.8. The highest BCUT2D eigenvalue weighted by atomic mass is 14.9. The van der Waals surface area contributed by atoms with Gasteiger partial charge in [-0.2, -0.15) is 0 Å². The summed E-state index contributed by atoms with van der Waals surface area (Å²) in [7, 11) is 0. The molecule has 0 saturated heterocycles. The lowest BCUT2D eigenvalue weighted by molar-refractivity contribution is 0.413. The molecule has 2 heteroatoms. The van der Waals surface area contributed by atoms with Gasteiger partial charge < -0.3 is 4.40 Å². The van der Waals surface area contributed by atoms with Crippen molar-refractivity contribution in [3.63, 3.8) is 0 Å². The first-order valence-electron chi connectivity index (χ1n) is 13.1. The Kier molecular flexibility index (Phi) is 4.32. The van der Waals surface area contributed by atoms with Crippen molar-refractivity contribution in [2.24, 2.45) is 5.41 Å². The zero-order valence-electron chi connectivity index (χ0n) is 22.0. The van der Waals surface area contributed by atoms with Crippen LogP contribution in [0.5, 0.6) is 0 Å². The molecule has 0 aliphatic rings. The lowest BCUT2D eigenvalue weighted by atomic mass is 9.84. The molecule has 178 valence electrons. The zero-order chi connectivity index (χ0) is 24.9. The summed E-state index contributed by atoms with van der Waals surface area (Å²) >= 11 is 0. The maximum absolute atomic E-state index is 5.03. The van der Waals surface area contributed by atoms with Crippen LogP contribution in [-0.4, -0.2) is 9.38 Å². The molecule has 0 aliphatic heterocycles. The second-order valence-electron chi connectivity index (χ2n) is 12.2. The van der Waals surface area contributed by atoms with E-state index in [9.17, 15) is 0 Å². The summed E-state index contributed by atoms with van der Waals surface area (Å²) in [5.74, 6) is 0.477. The predicted octanol–water partition coefficient (Wildman–Crippen LogP) is 9.56. The molecule has 2 nitrogen and oxygen atoms in total. The van der Waals surface area contributed by atoms with E-state index in [1.54, 1.807) is 0 Å². The van der Waals surface area contributed by atoms with Crippen LogP contribution in [0, 0.1) is 12.3 Å². The Morgan fingerprint density at radius 3 is 2.33 bits per heavy atom. The Morgan fingerprint density at radius 1 is 0.778 bits per heavy atom. The van der Waals surface area contributed by atoms with Crippen LogP contribution in [-0.2, 0) is 6.42 Å². The molecule has 0 aliphatic carbocycles. The van der Waals surface area contributed by atoms with Gasteiger partial charge in [0.15, 0.2) is 0 Å². The fourth-order valence-corrected chi connectivity index (χ4v) is 6.29. The molecule has 36 heavy (non-hydrogen) atoms. The molecular weight excluding hydrogens is 436 g/mol. The summed E-state index contributed by atoms with van der Waals surface area (Å²) in [6.07, 6.45) is 2.98. The van der Waals surface area contributed by atoms with Crippen molar-refractivity contribution in [3.8, 4) is 0 Å². The van der Waals surface area contributed by atoms with Crippen LogP contribution < -0.4 is 0 Å². The molecular formula is C34H32N2. The molecule has 0 N–H and O–H groups in total. The lowest BCUT2D eigenvalue weighted by Gasteiger charge is -2.23. The monoisotopic (exact) mass is 468 g/mol. The number of rotatable bonds is 2. The number of fused-ring (bicyclic) bond motifs is 7. The normalized spacial score (nSPS) is 13.1. The van der Waals surface area contributed by atoms with Crippen molar-refractivity contribution in [2.45, 2.75) is 53.9 Å². The van der Waals surface area contributed by atoms with Crippen molar-refractivity contribution in [2.75, 3.05) is 0 Å². The van der Waals surface area contributed by atoms with E-state index >= 15 is 0 Å². The summed E-state index contributed by atoms with van der Waals surface area (Å²) in [5, 5.41) is 9.09. The quantitative estimate of drug-likeness (QED) is 0.182. The van der Waals surface area contributed by atoms with Gasteiger partial charge in [0.2, 0.25) is 0 Å². The van der Waals surface area contributed by atoms with Crippen LogP contribution >= 0.6 is 0 Å². The lowest BCUT2D eigenvalue weighted by Crippen LogP contribution is -2.11. The molecule has 7 aromatic rings. The van der Waals surface area contributed by atoms with E-state index in [0.29, 0.717) is 5.92 Å². The van der Waals surface area contributed by atoms with Gasteiger partial charge in [0.05, 0.1) is 22.1 Å². The van der Waals surface area contributed by atoms with Crippen molar-refractivity contribution in [1.82, 2.24) is 9.38 Å². The van der Waals surface area contributed by atoms with Crippen LogP contribution in [0.4, 0.5) is 0 Å². The van der Waals surface area contributed by atoms with E-state index in [1.165, 1.54) is 70.9 Å². The Labute approximate surface area is 211 Å². The van der Waals surface area contributed by atoms with Gasteiger partial charge in [-0.1, -0.05) is 82.6 Å². The van der Waals surface area contributed by atoms with E-state index in [4.69, 9.17) is 4.98 Å². The molecule has 0 bridgehead atoms. The highest BCUT2D eigenvalue weighted by molar-refractivity contribution is 6.28. The summed E-state index contributed by atoms with van der Waals surface area (Å²) in [5.41, 5.74) is 9.31. The van der Waals surface area contributed by atoms with E-state index in [1.807, 2.05) is 6.20 Å². The van der Waals surface area contributed by atoms with Crippen molar-refractivity contribution in [3.05, 3.63) is 83.6 Å². The molecule has 0 atom stereocenters. The average Bonchev–Trinajstić information content (AvgIpc) is 3.17. The van der Waals surface area contributed by atoms with Gasteiger partial charge >= 0.3 is 0 Å². The van der Waals surface area contributed by atoms with Gasteiger partial charge in [0.1, 0.15) is 0 Å². The van der Waals surface area contributed by atoms with Gasteiger partial charge in [0, 0.05) is 27.7 Å². The first-order chi connectivity index (χ1) is 17.2. The van der Waals surface area contributed by atoms with Crippen molar-refractivity contribution >= 4 is 59.8 Å². The topological polar surface area (TPSA) is 17.3 Å². The molecule has 0 fully saturated rings. The average molecular weight is 469 g/mol. The second kappa shape index (κ2) is 7.20. The zero-order valence-corrected chi connectivity index (χ0v) is 22.0. The van der Waals surface area contributed by atoms with Crippen LogP contribution in [0.3, 0.4) is 0 Å². The van der Waals surface area contributed by atoms with E-state index in [2.05, 4.69) is 107 Å². The number of aromatic nitrogens is 2. The molecule has 3 heterocycles. The van der Waals surface area contributed by atoms with Gasteiger partial charge in [-0.05, 0) is 70.2 Å².